The number of carbonyl (C=O) groups is 2. The zero-order valence-corrected chi connectivity index (χ0v) is 24.9. The van der Waals surface area contributed by atoms with Gasteiger partial charge in [-0.3, -0.25) is 9.59 Å². The summed E-state index contributed by atoms with van der Waals surface area (Å²) in [4.78, 5) is 22.7. The minimum Gasteiger partial charge on any atom is -0.382 e. The summed E-state index contributed by atoms with van der Waals surface area (Å²) in [6.07, 6.45) is 0. The first kappa shape index (κ1) is 39.5. The first-order valence-corrected chi connectivity index (χ1v) is 13.9. The number of hydrogen-bond donors (Lipinski definition) is 2. The highest BCUT2D eigenvalue weighted by atomic mass is 16.6. The number of nitrogens with one attached hydrogen (secondary N) is 2. The second-order valence-electron chi connectivity index (χ2n) is 8.02. The maximum atomic E-state index is 11.7. The molecule has 0 atom stereocenters. The van der Waals surface area contributed by atoms with Gasteiger partial charge in [0.15, 0.2) is 0 Å². The summed E-state index contributed by atoms with van der Waals surface area (Å²) in [7, 11) is 3.19. The normalized spacial score (nSPS) is 11.2. The van der Waals surface area contributed by atoms with Gasteiger partial charge in [0.25, 0.3) is 0 Å². The minimum atomic E-state index is -0.209. The Morgan fingerprint density at radius 2 is 0.707 bits per heavy atom. The van der Waals surface area contributed by atoms with Gasteiger partial charge < -0.3 is 62.7 Å². The van der Waals surface area contributed by atoms with E-state index < -0.39 is 0 Å². The van der Waals surface area contributed by atoms with Gasteiger partial charge in [0.2, 0.25) is 11.8 Å². The maximum Gasteiger partial charge on any atom is 0.246 e. The number of methoxy groups -OCH3 is 1. The molecule has 0 aliphatic carbocycles. The van der Waals surface area contributed by atoms with Crippen LogP contribution in [0.15, 0.2) is 0 Å². The van der Waals surface area contributed by atoms with Crippen LogP contribution in [0.1, 0.15) is 0 Å². The van der Waals surface area contributed by atoms with Gasteiger partial charge in [-0.1, -0.05) is 0 Å². The van der Waals surface area contributed by atoms with Crippen LogP contribution in [0.25, 0.3) is 0 Å². The highest BCUT2D eigenvalue weighted by Gasteiger charge is 2.01. The molecule has 0 aromatic rings. The number of ether oxygens (including phenoxy) is 11. The van der Waals surface area contributed by atoms with Crippen molar-refractivity contribution in [2.45, 2.75) is 0 Å². The van der Waals surface area contributed by atoms with E-state index in [1.165, 1.54) is 0 Å². The van der Waals surface area contributed by atoms with Crippen LogP contribution < -0.4 is 10.6 Å². The first-order chi connectivity index (χ1) is 20.2. The Kier molecular flexibility index (Phi) is 33.4. The second kappa shape index (κ2) is 34.7. The fraction of sp³-hybridized carbons (Fsp3) is 0.923. The van der Waals surface area contributed by atoms with E-state index in [-0.39, 0.29) is 25.0 Å². The predicted octanol–water partition coefficient (Wildman–Crippen LogP) is -1.34. The first-order valence-electron chi connectivity index (χ1n) is 13.9. The standard InChI is InChI=1S/C26H52N2O13/c1-27-25(29)23-40-21-19-38-17-16-37-14-13-36-12-11-34-8-7-32-4-3-28-26(30)24-41-22-20-39-18-15-35-10-9-33-6-5-31-2/h3-24H2,1-2H3,(H,27,29)(H,28,30). The number of amides is 2. The van der Waals surface area contributed by atoms with Crippen LogP contribution in [-0.2, 0) is 61.7 Å². The highest BCUT2D eigenvalue weighted by Crippen LogP contribution is 1.86. The Hall–Kier alpha value is -1.50. The van der Waals surface area contributed by atoms with E-state index in [0.29, 0.717) is 132 Å². The average molecular weight is 601 g/mol. The molecule has 0 bridgehead atoms. The predicted molar refractivity (Wildman–Crippen MR) is 147 cm³/mol. The summed E-state index contributed by atoms with van der Waals surface area (Å²) in [6.45, 7) is 8.96. The van der Waals surface area contributed by atoms with Crippen LogP contribution in [0.3, 0.4) is 0 Å². The molecular formula is C26H52N2O13. The van der Waals surface area contributed by atoms with Crippen molar-refractivity contribution >= 4 is 11.8 Å². The summed E-state index contributed by atoms with van der Waals surface area (Å²) in [5.41, 5.74) is 0. The van der Waals surface area contributed by atoms with Gasteiger partial charge in [0.1, 0.15) is 13.2 Å². The summed E-state index contributed by atoms with van der Waals surface area (Å²) in [5, 5.41) is 5.19. The van der Waals surface area contributed by atoms with Crippen LogP contribution in [0.4, 0.5) is 0 Å². The lowest BCUT2D eigenvalue weighted by Crippen LogP contribution is -2.31. The van der Waals surface area contributed by atoms with E-state index in [9.17, 15) is 9.59 Å². The zero-order valence-electron chi connectivity index (χ0n) is 24.9. The second-order valence-corrected chi connectivity index (χ2v) is 8.02. The molecule has 41 heavy (non-hydrogen) atoms. The van der Waals surface area contributed by atoms with E-state index in [2.05, 4.69) is 10.6 Å². The Labute approximate surface area is 244 Å². The third kappa shape index (κ3) is 34.6. The molecule has 15 nitrogen and oxygen atoms in total. The molecule has 0 unspecified atom stereocenters. The van der Waals surface area contributed by atoms with Crippen molar-refractivity contribution in [1.82, 2.24) is 10.6 Å². The molecule has 0 saturated carbocycles. The number of rotatable bonds is 34. The maximum absolute atomic E-state index is 11.7. The molecule has 0 heterocycles. The molecule has 15 heteroatoms. The molecule has 0 aromatic heterocycles. The molecule has 0 spiro atoms. The van der Waals surface area contributed by atoms with E-state index in [4.69, 9.17) is 52.1 Å². The van der Waals surface area contributed by atoms with E-state index in [0.717, 1.165) is 0 Å². The Morgan fingerprint density at radius 3 is 1.05 bits per heavy atom. The van der Waals surface area contributed by atoms with Crippen molar-refractivity contribution in [2.75, 3.05) is 159 Å². The number of hydrogen-bond acceptors (Lipinski definition) is 13. The molecule has 0 aromatic carbocycles. The van der Waals surface area contributed by atoms with Gasteiger partial charge in [-0.05, 0) is 0 Å². The van der Waals surface area contributed by atoms with E-state index in [1.54, 1.807) is 14.2 Å². The quantitative estimate of drug-likeness (QED) is 0.0837. The fourth-order valence-corrected chi connectivity index (χ4v) is 2.62. The SMILES string of the molecule is CNC(=O)COCCOCCOCCOCCOCCOCCNC(=O)COCCOCCOCCOCCOC. The molecule has 0 aliphatic rings. The summed E-state index contributed by atoms with van der Waals surface area (Å²) < 4.78 is 58.2. The molecule has 0 radical (unpaired) electrons. The van der Waals surface area contributed by atoms with Gasteiger partial charge >= 0.3 is 0 Å². The summed E-state index contributed by atoms with van der Waals surface area (Å²) in [5.74, 6) is -0.374. The Balaban J connectivity index is 3.15. The van der Waals surface area contributed by atoms with Crippen molar-refractivity contribution < 1.29 is 61.7 Å². The van der Waals surface area contributed by atoms with Gasteiger partial charge in [-0.25, -0.2) is 0 Å². The minimum absolute atomic E-state index is 0.0302. The Bertz CT molecular complexity index is 561. The van der Waals surface area contributed by atoms with Crippen LogP contribution in [-0.4, -0.2) is 171 Å². The zero-order chi connectivity index (χ0) is 29.9. The van der Waals surface area contributed by atoms with Gasteiger partial charge in [-0.15, -0.1) is 0 Å². The van der Waals surface area contributed by atoms with Crippen molar-refractivity contribution in [3.63, 3.8) is 0 Å². The van der Waals surface area contributed by atoms with Crippen molar-refractivity contribution in [3.05, 3.63) is 0 Å². The largest absolute Gasteiger partial charge is 0.382 e. The molecule has 2 N–H and O–H groups in total. The van der Waals surface area contributed by atoms with Gasteiger partial charge in [0.05, 0.1) is 126 Å². The van der Waals surface area contributed by atoms with Gasteiger partial charge in [0, 0.05) is 20.7 Å². The number of carbonyl (C=O) groups excluding carboxylic acids is 2. The molecule has 244 valence electrons. The summed E-state index contributed by atoms with van der Waals surface area (Å²) in [6, 6.07) is 0. The molecule has 0 rings (SSSR count). The lowest BCUT2D eigenvalue weighted by Gasteiger charge is -2.09. The number of likely N-dealkylation sites (N-methyl/N-ethyl adjacent to an activating group) is 1. The van der Waals surface area contributed by atoms with Crippen molar-refractivity contribution in [3.8, 4) is 0 Å². The van der Waals surface area contributed by atoms with Crippen LogP contribution in [0, 0.1) is 0 Å². The average Bonchev–Trinajstić information content (AvgIpc) is 2.98. The lowest BCUT2D eigenvalue weighted by molar-refractivity contribution is -0.127. The monoisotopic (exact) mass is 600 g/mol. The third-order valence-electron chi connectivity index (χ3n) is 4.72. The molecule has 0 saturated heterocycles. The van der Waals surface area contributed by atoms with Crippen molar-refractivity contribution in [1.29, 1.82) is 0 Å². The topological polar surface area (TPSA) is 160 Å². The highest BCUT2D eigenvalue weighted by molar-refractivity contribution is 5.77. The van der Waals surface area contributed by atoms with Crippen LogP contribution >= 0.6 is 0 Å². The molecular weight excluding hydrogens is 548 g/mol. The molecule has 0 fully saturated rings. The van der Waals surface area contributed by atoms with E-state index in [1.807, 2.05) is 0 Å². The van der Waals surface area contributed by atoms with Gasteiger partial charge in [-0.2, -0.15) is 0 Å². The summed E-state index contributed by atoms with van der Waals surface area (Å²) >= 11 is 0. The van der Waals surface area contributed by atoms with Crippen LogP contribution in [0.2, 0.25) is 0 Å². The smallest absolute Gasteiger partial charge is 0.246 e. The Morgan fingerprint density at radius 1 is 0.415 bits per heavy atom. The lowest BCUT2D eigenvalue weighted by atomic mass is 10.6. The van der Waals surface area contributed by atoms with Crippen LogP contribution in [0.5, 0.6) is 0 Å². The van der Waals surface area contributed by atoms with Crippen molar-refractivity contribution in [2.24, 2.45) is 0 Å². The third-order valence-corrected chi connectivity index (χ3v) is 4.72. The molecule has 2 amide bonds. The molecule has 0 aliphatic heterocycles. The fourth-order valence-electron chi connectivity index (χ4n) is 2.62. The van der Waals surface area contributed by atoms with E-state index >= 15 is 0 Å².